The van der Waals surface area contributed by atoms with Crippen LogP contribution in [0.1, 0.15) is 41.8 Å². The largest absolute Gasteiger partial charge is 0.357 e. The van der Waals surface area contributed by atoms with Gasteiger partial charge in [-0.25, -0.2) is 0 Å². The van der Waals surface area contributed by atoms with Gasteiger partial charge in [0.2, 0.25) is 0 Å². The number of nitrogens with zero attached hydrogens (tertiary/aromatic N) is 1. The summed E-state index contributed by atoms with van der Waals surface area (Å²) in [6.07, 6.45) is 2.26. The van der Waals surface area contributed by atoms with Crippen molar-refractivity contribution in [1.82, 2.24) is 9.88 Å². The third-order valence-electron chi connectivity index (χ3n) is 6.23. The number of benzene rings is 3. The van der Waals surface area contributed by atoms with E-state index in [1.165, 1.54) is 38.5 Å². The van der Waals surface area contributed by atoms with Crippen LogP contribution in [0.15, 0.2) is 60.7 Å². The summed E-state index contributed by atoms with van der Waals surface area (Å²) in [7, 11) is 0. The molecule has 1 atom stereocenters. The van der Waals surface area contributed by atoms with Gasteiger partial charge >= 0.3 is 0 Å². The number of aromatic nitrogens is 1. The van der Waals surface area contributed by atoms with Gasteiger partial charge in [-0.3, -0.25) is 4.90 Å². The van der Waals surface area contributed by atoms with Gasteiger partial charge in [0.05, 0.1) is 6.04 Å². The Morgan fingerprint density at radius 2 is 1.81 bits per heavy atom. The Bertz CT molecular complexity index is 1120. The Hall–Kier alpha value is -2.58. The Morgan fingerprint density at radius 3 is 2.70 bits per heavy atom. The van der Waals surface area contributed by atoms with Crippen LogP contribution < -0.4 is 0 Å². The topological polar surface area (TPSA) is 19.0 Å². The van der Waals surface area contributed by atoms with E-state index in [0.29, 0.717) is 6.04 Å². The van der Waals surface area contributed by atoms with Crippen molar-refractivity contribution in [2.24, 2.45) is 0 Å². The number of aromatic amines is 1. The van der Waals surface area contributed by atoms with E-state index in [9.17, 15) is 0 Å². The van der Waals surface area contributed by atoms with Crippen LogP contribution in [-0.4, -0.2) is 16.4 Å². The van der Waals surface area contributed by atoms with Gasteiger partial charge in [-0.15, -0.1) is 0 Å². The van der Waals surface area contributed by atoms with Gasteiger partial charge in [0.15, 0.2) is 0 Å². The van der Waals surface area contributed by atoms with E-state index in [0.717, 1.165) is 25.9 Å². The lowest BCUT2D eigenvalue weighted by Crippen LogP contribution is -2.34. The van der Waals surface area contributed by atoms with Gasteiger partial charge in [-0.2, -0.15) is 0 Å². The van der Waals surface area contributed by atoms with Gasteiger partial charge in [0.25, 0.3) is 0 Å². The Labute approximate surface area is 160 Å². The van der Waals surface area contributed by atoms with E-state index < -0.39 is 0 Å². The highest BCUT2D eigenvalue weighted by molar-refractivity contribution is 5.88. The van der Waals surface area contributed by atoms with Crippen molar-refractivity contribution in [3.05, 3.63) is 83.0 Å². The molecule has 2 heteroatoms. The van der Waals surface area contributed by atoms with Crippen LogP contribution in [0.4, 0.5) is 0 Å². The minimum Gasteiger partial charge on any atom is -0.357 e. The van der Waals surface area contributed by atoms with Gasteiger partial charge in [-0.05, 0) is 53.3 Å². The zero-order valence-corrected chi connectivity index (χ0v) is 16.1. The molecule has 0 unspecified atom stereocenters. The van der Waals surface area contributed by atoms with E-state index in [-0.39, 0.29) is 0 Å². The second kappa shape index (κ2) is 6.54. The Kier molecular flexibility index (Phi) is 4.02. The lowest BCUT2D eigenvalue weighted by Gasteiger charge is -2.35. The highest BCUT2D eigenvalue weighted by Crippen LogP contribution is 2.38. The summed E-state index contributed by atoms with van der Waals surface area (Å²) in [6, 6.07) is 22.5. The second-order valence-electron chi connectivity index (χ2n) is 7.80. The molecule has 3 aromatic carbocycles. The van der Waals surface area contributed by atoms with Crippen LogP contribution in [-0.2, 0) is 13.0 Å². The van der Waals surface area contributed by atoms with Crippen LogP contribution in [0.3, 0.4) is 0 Å². The van der Waals surface area contributed by atoms with E-state index in [2.05, 4.69) is 84.4 Å². The van der Waals surface area contributed by atoms with Gasteiger partial charge in [-0.1, -0.05) is 61.5 Å². The van der Waals surface area contributed by atoms with E-state index in [1.54, 1.807) is 5.56 Å². The number of nitrogens with one attached hydrogen (secondary N) is 1. The first-order valence-electron chi connectivity index (χ1n) is 10.1. The lowest BCUT2D eigenvalue weighted by atomic mass is 9.93. The minimum absolute atomic E-state index is 0.458. The molecule has 27 heavy (non-hydrogen) atoms. The molecule has 2 heterocycles. The zero-order valence-electron chi connectivity index (χ0n) is 16.1. The SMILES string of the molecule is CC[C@@H]1c2[nH]c3cccc(C)c3c2CCN1Cc1cccc2ccccc12. The van der Waals surface area contributed by atoms with E-state index in [4.69, 9.17) is 0 Å². The summed E-state index contributed by atoms with van der Waals surface area (Å²) in [6.45, 7) is 6.68. The standard InChI is InChI=1S/C25H26N2/c1-3-23-25-21(24-17(2)8-6-13-22(24)26-25)14-15-27(23)16-19-11-7-10-18-9-4-5-12-20(18)19/h4-13,23,26H,3,14-16H2,1-2H3/t23-/m1/s1. The molecule has 0 aliphatic carbocycles. The van der Waals surface area contributed by atoms with Gasteiger partial charge in [0.1, 0.15) is 0 Å². The summed E-state index contributed by atoms with van der Waals surface area (Å²) in [5, 5.41) is 4.17. The minimum atomic E-state index is 0.458. The van der Waals surface area contributed by atoms with Crippen molar-refractivity contribution in [1.29, 1.82) is 0 Å². The molecule has 0 spiro atoms. The maximum absolute atomic E-state index is 3.77. The highest BCUT2D eigenvalue weighted by Gasteiger charge is 2.29. The molecular weight excluding hydrogens is 328 g/mol. The highest BCUT2D eigenvalue weighted by atomic mass is 15.2. The third-order valence-corrected chi connectivity index (χ3v) is 6.23. The van der Waals surface area contributed by atoms with Gasteiger partial charge in [0, 0.05) is 29.7 Å². The predicted molar refractivity (Wildman–Crippen MR) is 114 cm³/mol. The molecule has 4 aromatic rings. The molecule has 136 valence electrons. The fourth-order valence-corrected chi connectivity index (χ4v) is 4.97. The van der Waals surface area contributed by atoms with Crippen LogP contribution in [0.25, 0.3) is 21.7 Å². The zero-order chi connectivity index (χ0) is 18.4. The number of aryl methyl sites for hydroxylation is 1. The molecular formula is C25H26N2. The van der Waals surface area contributed by atoms with Crippen molar-refractivity contribution >= 4 is 21.7 Å². The molecule has 2 nitrogen and oxygen atoms in total. The van der Waals surface area contributed by atoms with Crippen LogP contribution in [0, 0.1) is 6.92 Å². The van der Waals surface area contributed by atoms with Crippen LogP contribution in [0.2, 0.25) is 0 Å². The number of hydrogen-bond acceptors (Lipinski definition) is 1. The van der Waals surface area contributed by atoms with E-state index in [1.807, 2.05) is 0 Å². The monoisotopic (exact) mass is 354 g/mol. The Morgan fingerprint density at radius 1 is 1.00 bits per heavy atom. The molecule has 1 aromatic heterocycles. The lowest BCUT2D eigenvalue weighted by molar-refractivity contribution is 0.169. The first kappa shape index (κ1) is 16.6. The fourth-order valence-electron chi connectivity index (χ4n) is 4.97. The maximum atomic E-state index is 3.77. The summed E-state index contributed by atoms with van der Waals surface area (Å²) in [4.78, 5) is 6.43. The number of hydrogen-bond donors (Lipinski definition) is 1. The molecule has 0 amide bonds. The smallest absolute Gasteiger partial charge is 0.0502 e. The average molecular weight is 354 g/mol. The van der Waals surface area contributed by atoms with Crippen molar-refractivity contribution in [3.63, 3.8) is 0 Å². The Balaban J connectivity index is 1.55. The fraction of sp³-hybridized carbons (Fsp3) is 0.280. The summed E-state index contributed by atoms with van der Waals surface area (Å²) >= 11 is 0. The number of H-pyrrole nitrogens is 1. The van der Waals surface area contributed by atoms with Crippen molar-refractivity contribution in [3.8, 4) is 0 Å². The predicted octanol–water partition coefficient (Wildman–Crippen LogP) is 6.14. The average Bonchev–Trinajstić information content (AvgIpc) is 3.08. The van der Waals surface area contributed by atoms with Crippen LogP contribution in [0.5, 0.6) is 0 Å². The van der Waals surface area contributed by atoms with Gasteiger partial charge < -0.3 is 4.98 Å². The van der Waals surface area contributed by atoms with Crippen molar-refractivity contribution < 1.29 is 0 Å². The quantitative estimate of drug-likeness (QED) is 0.468. The number of rotatable bonds is 3. The maximum Gasteiger partial charge on any atom is 0.0502 e. The summed E-state index contributed by atoms with van der Waals surface area (Å²) in [5.41, 5.74) is 7.10. The third kappa shape index (κ3) is 2.67. The molecule has 0 saturated carbocycles. The number of fused-ring (bicyclic) bond motifs is 4. The first-order valence-corrected chi connectivity index (χ1v) is 10.1. The molecule has 1 aliphatic rings. The normalized spacial score (nSPS) is 17.5. The van der Waals surface area contributed by atoms with Crippen LogP contribution >= 0.6 is 0 Å². The molecule has 1 aliphatic heterocycles. The molecule has 0 fully saturated rings. The molecule has 0 radical (unpaired) electrons. The van der Waals surface area contributed by atoms with Crippen molar-refractivity contribution in [2.45, 2.75) is 39.3 Å². The second-order valence-corrected chi connectivity index (χ2v) is 7.80. The first-order chi connectivity index (χ1) is 13.3. The van der Waals surface area contributed by atoms with E-state index >= 15 is 0 Å². The summed E-state index contributed by atoms with van der Waals surface area (Å²) in [5.74, 6) is 0. The summed E-state index contributed by atoms with van der Waals surface area (Å²) < 4.78 is 0. The molecule has 1 N–H and O–H groups in total. The molecule has 0 saturated heterocycles. The van der Waals surface area contributed by atoms with Crippen molar-refractivity contribution in [2.75, 3.05) is 6.54 Å². The molecule has 5 rings (SSSR count). The molecule has 0 bridgehead atoms.